The fourth-order valence-electron chi connectivity index (χ4n) is 2.24. The maximum absolute atomic E-state index is 6.17. The third kappa shape index (κ3) is 3.31. The molecule has 0 saturated carbocycles. The van der Waals surface area contributed by atoms with E-state index < -0.39 is 0 Å². The Morgan fingerprint density at radius 2 is 2.18 bits per heavy atom. The second-order valence-corrected chi connectivity index (χ2v) is 4.71. The van der Waals surface area contributed by atoms with Crippen LogP contribution in [0.25, 0.3) is 0 Å². The average Bonchev–Trinajstić information content (AvgIpc) is 2.56. The fourth-order valence-corrected chi connectivity index (χ4v) is 2.48. The molecule has 1 aromatic rings. The number of pyridine rings is 1. The molecule has 4 nitrogen and oxygen atoms in total. The van der Waals surface area contributed by atoms with E-state index in [1.54, 1.807) is 12.4 Å². The molecule has 94 valence electrons. The van der Waals surface area contributed by atoms with Gasteiger partial charge in [-0.25, -0.2) is 0 Å². The fraction of sp³-hybridized carbons (Fsp3) is 0.583. The number of nitrogens with zero attached hydrogens (tertiary/aromatic N) is 3. The first-order chi connectivity index (χ1) is 8.31. The van der Waals surface area contributed by atoms with E-state index in [4.69, 9.17) is 17.3 Å². The quantitative estimate of drug-likeness (QED) is 0.881. The van der Waals surface area contributed by atoms with Gasteiger partial charge in [-0.2, -0.15) is 0 Å². The molecule has 2 N–H and O–H groups in total. The molecule has 0 unspecified atom stereocenters. The van der Waals surface area contributed by atoms with Gasteiger partial charge in [0.2, 0.25) is 0 Å². The minimum atomic E-state index is 0.732. The van der Waals surface area contributed by atoms with Crippen LogP contribution < -0.4 is 10.6 Å². The van der Waals surface area contributed by atoms with Gasteiger partial charge in [0.25, 0.3) is 0 Å². The molecule has 1 aliphatic heterocycles. The van der Waals surface area contributed by atoms with Crippen LogP contribution in [-0.2, 0) is 0 Å². The molecule has 0 aromatic carbocycles. The van der Waals surface area contributed by atoms with Crippen molar-refractivity contribution < 1.29 is 0 Å². The second kappa shape index (κ2) is 6.19. The number of rotatable bonds is 3. The van der Waals surface area contributed by atoms with Gasteiger partial charge in [-0.3, -0.25) is 4.98 Å². The van der Waals surface area contributed by atoms with E-state index in [0.29, 0.717) is 0 Å². The molecule has 0 amide bonds. The summed E-state index contributed by atoms with van der Waals surface area (Å²) < 4.78 is 0. The molecule has 1 aromatic heterocycles. The summed E-state index contributed by atoms with van der Waals surface area (Å²) in [5.74, 6) is 0. The van der Waals surface area contributed by atoms with Crippen LogP contribution in [0.1, 0.15) is 6.42 Å². The van der Waals surface area contributed by atoms with Gasteiger partial charge in [-0.1, -0.05) is 11.6 Å². The first kappa shape index (κ1) is 12.6. The lowest BCUT2D eigenvalue weighted by molar-refractivity contribution is 0.302. The highest BCUT2D eigenvalue weighted by Crippen LogP contribution is 2.24. The summed E-state index contributed by atoms with van der Waals surface area (Å²) in [5.41, 5.74) is 6.69. The van der Waals surface area contributed by atoms with Crippen LogP contribution in [0.15, 0.2) is 18.5 Å². The van der Waals surface area contributed by atoms with Gasteiger partial charge in [-0.05, 0) is 19.0 Å². The van der Waals surface area contributed by atoms with E-state index in [0.717, 1.165) is 56.4 Å². The van der Waals surface area contributed by atoms with Gasteiger partial charge in [0.1, 0.15) is 0 Å². The maximum Gasteiger partial charge on any atom is 0.0822 e. The Labute approximate surface area is 107 Å². The smallest absolute Gasteiger partial charge is 0.0822 e. The topological polar surface area (TPSA) is 45.4 Å². The summed E-state index contributed by atoms with van der Waals surface area (Å²) in [6, 6.07) is 1.99. The van der Waals surface area contributed by atoms with E-state index in [1.165, 1.54) is 0 Å². The van der Waals surface area contributed by atoms with Crippen molar-refractivity contribution in [2.45, 2.75) is 6.42 Å². The van der Waals surface area contributed by atoms with Gasteiger partial charge in [0, 0.05) is 45.1 Å². The third-order valence-corrected chi connectivity index (χ3v) is 3.42. The van der Waals surface area contributed by atoms with Gasteiger partial charge in [0.15, 0.2) is 0 Å². The van der Waals surface area contributed by atoms with Crippen molar-refractivity contribution in [1.29, 1.82) is 0 Å². The van der Waals surface area contributed by atoms with Crippen molar-refractivity contribution in [2.75, 3.05) is 44.2 Å². The summed E-state index contributed by atoms with van der Waals surface area (Å²) in [5, 5.41) is 0.736. The molecule has 0 aliphatic carbocycles. The summed E-state index contributed by atoms with van der Waals surface area (Å²) >= 11 is 6.17. The molecule has 1 saturated heterocycles. The van der Waals surface area contributed by atoms with Crippen molar-refractivity contribution in [3.63, 3.8) is 0 Å². The number of nitrogens with two attached hydrogens (primary N) is 1. The summed E-state index contributed by atoms with van der Waals surface area (Å²) in [6.07, 6.45) is 4.65. The predicted molar refractivity (Wildman–Crippen MR) is 71.6 cm³/mol. The first-order valence-electron chi connectivity index (χ1n) is 6.08. The lowest BCUT2D eigenvalue weighted by atomic mass is 10.3. The normalized spacial score (nSPS) is 18.1. The minimum Gasteiger partial charge on any atom is -0.369 e. The Hall–Kier alpha value is -0.840. The molecule has 2 rings (SSSR count). The number of hydrogen-bond acceptors (Lipinski definition) is 4. The molecule has 1 fully saturated rings. The number of anilines is 1. The lowest BCUT2D eigenvalue weighted by Crippen LogP contribution is -2.34. The molecule has 2 heterocycles. The zero-order valence-electron chi connectivity index (χ0n) is 9.98. The van der Waals surface area contributed by atoms with Gasteiger partial charge in [-0.15, -0.1) is 0 Å². The Bertz CT molecular complexity index is 358. The SMILES string of the molecule is NCCN1CCCN(c2ccncc2Cl)CC1. The van der Waals surface area contributed by atoms with Gasteiger partial charge in [0.05, 0.1) is 10.7 Å². The molecular weight excluding hydrogens is 236 g/mol. The van der Waals surface area contributed by atoms with E-state index in [-0.39, 0.29) is 0 Å². The summed E-state index contributed by atoms with van der Waals surface area (Å²) in [6.45, 7) is 5.94. The van der Waals surface area contributed by atoms with Gasteiger partial charge >= 0.3 is 0 Å². The first-order valence-corrected chi connectivity index (χ1v) is 6.46. The van der Waals surface area contributed by atoms with E-state index in [1.807, 2.05) is 6.07 Å². The largest absolute Gasteiger partial charge is 0.369 e. The zero-order valence-corrected chi connectivity index (χ0v) is 10.7. The molecule has 0 bridgehead atoms. The highest BCUT2D eigenvalue weighted by molar-refractivity contribution is 6.33. The van der Waals surface area contributed by atoms with Crippen LogP contribution in [0, 0.1) is 0 Å². The number of halogens is 1. The highest BCUT2D eigenvalue weighted by atomic mass is 35.5. The van der Waals surface area contributed by atoms with Gasteiger partial charge < -0.3 is 15.5 Å². The van der Waals surface area contributed by atoms with Crippen molar-refractivity contribution in [1.82, 2.24) is 9.88 Å². The zero-order chi connectivity index (χ0) is 12.1. The van der Waals surface area contributed by atoms with Crippen molar-refractivity contribution in [3.8, 4) is 0 Å². The van der Waals surface area contributed by atoms with Crippen LogP contribution in [0.3, 0.4) is 0 Å². The number of aromatic nitrogens is 1. The van der Waals surface area contributed by atoms with Crippen LogP contribution in [-0.4, -0.2) is 49.2 Å². The third-order valence-electron chi connectivity index (χ3n) is 3.13. The summed E-state index contributed by atoms with van der Waals surface area (Å²) in [4.78, 5) is 8.77. The molecule has 0 radical (unpaired) electrons. The van der Waals surface area contributed by atoms with Crippen molar-refractivity contribution in [3.05, 3.63) is 23.5 Å². The Morgan fingerprint density at radius 3 is 2.94 bits per heavy atom. The molecular formula is C12H19ClN4. The van der Waals surface area contributed by atoms with E-state index in [9.17, 15) is 0 Å². The van der Waals surface area contributed by atoms with Crippen LogP contribution in [0.2, 0.25) is 5.02 Å². The van der Waals surface area contributed by atoms with Crippen molar-refractivity contribution >= 4 is 17.3 Å². The average molecular weight is 255 g/mol. The Morgan fingerprint density at radius 1 is 1.29 bits per heavy atom. The van der Waals surface area contributed by atoms with Crippen LogP contribution in [0.5, 0.6) is 0 Å². The molecule has 1 aliphatic rings. The Balaban J connectivity index is 2.01. The van der Waals surface area contributed by atoms with Crippen LogP contribution >= 0.6 is 11.6 Å². The molecule has 5 heteroatoms. The Kier molecular flexibility index (Phi) is 4.59. The predicted octanol–water partition coefficient (Wildman–Crippen LogP) is 1.21. The second-order valence-electron chi connectivity index (χ2n) is 4.30. The number of hydrogen-bond donors (Lipinski definition) is 1. The van der Waals surface area contributed by atoms with Crippen molar-refractivity contribution in [2.24, 2.45) is 5.73 Å². The summed E-state index contributed by atoms with van der Waals surface area (Å²) in [7, 11) is 0. The van der Waals surface area contributed by atoms with E-state index in [2.05, 4.69) is 14.8 Å². The minimum absolute atomic E-state index is 0.732. The monoisotopic (exact) mass is 254 g/mol. The standard InChI is InChI=1S/C12H19ClN4/c13-11-10-15-4-2-12(11)17-6-1-5-16(7-3-14)8-9-17/h2,4,10H,1,3,5-9,14H2. The molecule has 17 heavy (non-hydrogen) atoms. The maximum atomic E-state index is 6.17. The van der Waals surface area contributed by atoms with Crippen LogP contribution in [0.4, 0.5) is 5.69 Å². The lowest BCUT2D eigenvalue weighted by Gasteiger charge is -2.24. The molecule has 0 atom stereocenters. The van der Waals surface area contributed by atoms with E-state index >= 15 is 0 Å². The molecule has 0 spiro atoms. The highest BCUT2D eigenvalue weighted by Gasteiger charge is 2.16.